The van der Waals surface area contributed by atoms with Crippen LogP contribution in [0.2, 0.25) is 0 Å². The molecule has 1 aromatic rings. The molecule has 10 nitrogen and oxygen atoms in total. The van der Waals surface area contributed by atoms with Gasteiger partial charge in [-0.1, -0.05) is 0 Å². The van der Waals surface area contributed by atoms with E-state index >= 15 is 0 Å². The lowest BCUT2D eigenvalue weighted by Gasteiger charge is -2.23. The standard InChI is InChI=1S/C19H21N5O5/c1-9-5-12-13(6-10(9)2)24(16-15(20-12)17(26)22-19(29)21-16)4-3-23-8-11(25)7-14(23)18(27)28/h5-6,11,14,25H,3-4,7-8H2,1-2H3,(H,27,28)(H,22,26,29)/t11-,14-/m1/s1. The number of fused-ring (bicyclic) bond motifs is 2. The van der Waals surface area contributed by atoms with Crippen LogP contribution in [0.15, 0.2) is 21.7 Å². The molecule has 0 bridgehead atoms. The van der Waals surface area contributed by atoms with E-state index in [0.717, 1.165) is 11.1 Å². The molecule has 152 valence electrons. The van der Waals surface area contributed by atoms with Crippen LogP contribution < -0.4 is 11.2 Å². The van der Waals surface area contributed by atoms with Crippen molar-refractivity contribution in [1.82, 2.24) is 24.4 Å². The first-order valence-corrected chi connectivity index (χ1v) is 9.31. The molecule has 3 heterocycles. The van der Waals surface area contributed by atoms with E-state index in [1.807, 2.05) is 26.0 Å². The summed E-state index contributed by atoms with van der Waals surface area (Å²) in [5.41, 5.74) is 1.98. The number of aliphatic hydroxyl groups is 1. The van der Waals surface area contributed by atoms with Gasteiger partial charge in [0, 0.05) is 26.1 Å². The maximum atomic E-state index is 12.3. The molecule has 0 unspecified atom stereocenters. The van der Waals surface area contributed by atoms with Gasteiger partial charge in [-0.05, 0) is 37.1 Å². The van der Waals surface area contributed by atoms with Gasteiger partial charge in [-0.2, -0.15) is 4.98 Å². The summed E-state index contributed by atoms with van der Waals surface area (Å²) in [4.78, 5) is 47.8. The summed E-state index contributed by atoms with van der Waals surface area (Å²) in [6, 6.07) is 3.00. The van der Waals surface area contributed by atoms with Crippen LogP contribution in [0, 0.1) is 13.8 Å². The van der Waals surface area contributed by atoms with Gasteiger partial charge in [0.2, 0.25) is 0 Å². The van der Waals surface area contributed by atoms with E-state index in [9.17, 15) is 24.6 Å². The van der Waals surface area contributed by atoms with Gasteiger partial charge in [0.05, 0.1) is 17.1 Å². The monoisotopic (exact) mass is 399 g/mol. The number of aromatic amines is 1. The minimum absolute atomic E-state index is 0.0524. The Hall–Kier alpha value is -3.11. The van der Waals surface area contributed by atoms with Gasteiger partial charge in [0.1, 0.15) is 6.04 Å². The van der Waals surface area contributed by atoms with Crippen molar-refractivity contribution in [2.24, 2.45) is 0 Å². The Balaban J connectivity index is 1.84. The van der Waals surface area contributed by atoms with E-state index in [1.165, 1.54) is 0 Å². The molecule has 1 aromatic carbocycles. The van der Waals surface area contributed by atoms with E-state index in [1.54, 1.807) is 9.47 Å². The Kier molecular flexibility index (Phi) is 4.67. The first kappa shape index (κ1) is 19.2. The maximum Gasteiger partial charge on any atom is 0.349 e. The summed E-state index contributed by atoms with van der Waals surface area (Å²) < 4.78 is 1.73. The number of aliphatic hydroxyl groups excluding tert-OH is 1. The molecule has 0 saturated carbocycles. The quantitative estimate of drug-likeness (QED) is 0.509. The molecule has 3 aliphatic heterocycles. The fraction of sp³-hybridized carbons (Fsp3) is 0.421. The molecule has 4 rings (SSSR count). The van der Waals surface area contributed by atoms with Crippen LogP contribution in [0.3, 0.4) is 0 Å². The van der Waals surface area contributed by atoms with Crippen molar-refractivity contribution in [3.63, 3.8) is 0 Å². The first-order valence-electron chi connectivity index (χ1n) is 9.31. The number of hydrogen-bond acceptors (Lipinski definition) is 7. The SMILES string of the molecule is Cc1cc2nc3c(=O)[nH]c(=O)nc-3n(CCN3C[C@H](O)C[C@@H]3C(=O)O)c2cc1C. The zero-order valence-electron chi connectivity index (χ0n) is 16.0. The molecule has 0 spiro atoms. The molecule has 0 aliphatic carbocycles. The molecule has 1 fully saturated rings. The van der Waals surface area contributed by atoms with Gasteiger partial charge in [0.25, 0.3) is 5.56 Å². The molecule has 2 atom stereocenters. The average molecular weight is 399 g/mol. The van der Waals surface area contributed by atoms with Crippen LogP contribution in [-0.4, -0.2) is 65.8 Å². The van der Waals surface area contributed by atoms with E-state index < -0.39 is 29.4 Å². The molecular weight excluding hydrogens is 378 g/mol. The number of likely N-dealkylation sites (tertiary alicyclic amines) is 1. The molecule has 0 aromatic heterocycles. The predicted molar refractivity (Wildman–Crippen MR) is 104 cm³/mol. The highest BCUT2D eigenvalue weighted by atomic mass is 16.4. The number of aryl methyl sites for hydroxylation is 2. The summed E-state index contributed by atoms with van der Waals surface area (Å²) in [7, 11) is 0. The summed E-state index contributed by atoms with van der Waals surface area (Å²) in [5, 5.41) is 19.3. The maximum absolute atomic E-state index is 12.3. The fourth-order valence-electron chi connectivity index (χ4n) is 3.89. The average Bonchev–Trinajstić information content (AvgIpc) is 3.02. The van der Waals surface area contributed by atoms with Crippen LogP contribution in [0.5, 0.6) is 0 Å². The van der Waals surface area contributed by atoms with Gasteiger partial charge in [-0.25, -0.2) is 9.78 Å². The number of nitrogens with one attached hydrogen (secondary N) is 1. The molecule has 3 N–H and O–H groups in total. The molecule has 0 amide bonds. The topological polar surface area (TPSA) is 141 Å². The van der Waals surface area contributed by atoms with Crippen molar-refractivity contribution < 1.29 is 15.0 Å². The fourth-order valence-corrected chi connectivity index (χ4v) is 3.89. The number of nitrogens with zero attached hydrogens (tertiary/aromatic N) is 4. The lowest BCUT2D eigenvalue weighted by Crippen LogP contribution is -2.38. The minimum Gasteiger partial charge on any atom is -0.480 e. The van der Waals surface area contributed by atoms with E-state index in [0.29, 0.717) is 17.6 Å². The number of carboxylic acids is 1. The highest BCUT2D eigenvalue weighted by Crippen LogP contribution is 2.25. The largest absolute Gasteiger partial charge is 0.480 e. The van der Waals surface area contributed by atoms with Gasteiger partial charge in [-0.3, -0.25) is 19.5 Å². The summed E-state index contributed by atoms with van der Waals surface area (Å²) in [6.07, 6.45) is -0.537. The molecular formula is C19H21N5O5. The van der Waals surface area contributed by atoms with Gasteiger partial charge in [-0.15, -0.1) is 0 Å². The Morgan fingerprint density at radius 1 is 1.21 bits per heavy atom. The summed E-state index contributed by atoms with van der Waals surface area (Å²) in [5.74, 6) is -0.833. The van der Waals surface area contributed by atoms with Crippen molar-refractivity contribution in [1.29, 1.82) is 0 Å². The third-order valence-corrected chi connectivity index (χ3v) is 5.50. The Morgan fingerprint density at radius 3 is 2.66 bits per heavy atom. The van der Waals surface area contributed by atoms with Gasteiger partial charge < -0.3 is 14.8 Å². The van der Waals surface area contributed by atoms with Gasteiger partial charge >= 0.3 is 11.7 Å². The Labute approximate surface area is 164 Å². The van der Waals surface area contributed by atoms with Crippen LogP contribution >= 0.6 is 0 Å². The number of β-amino-alcohol motifs (C(OH)–C–C–N with tert-alkyl or cyclic N) is 1. The number of carbonyl (C=O) groups is 1. The highest BCUT2D eigenvalue weighted by Gasteiger charge is 2.35. The normalized spacial score (nSPS) is 20.0. The Morgan fingerprint density at radius 2 is 1.93 bits per heavy atom. The second-order valence-corrected chi connectivity index (χ2v) is 7.47. The number of H-pyrrole nitrogens is 1. The van der Waals surface area contributed by atoms with Gasteiger partial charge in [0.15, 0.2) is 11.5 Å². The number of hydrogen-bond donors (Lipinski definition) is 3. The number of aliphatic carboxylic acids is 1. The second kappa shape index (κ2) is 7.05. The number of aromatic nitrogens is 4. The molecule has 10 heteroatoms. The number of rotatable bonds is 4. The Bertz CT molecular complexity index is 1200. The van der Waals surface area contributed by atoms with E-state index in [2.05, 4.69) is 15.0 Å². The second-order valence-electron chi connectivity index (χ2n) is 7.47. The number of benzene rings is 1. The minimum atomic E-state index is -0.987. The lowest BCUT2D eigenvalue weighted by molar-refractivity contribution is -0.142. The van der Waals surface area contributed by atoms with Crippen LogP contribution in [0.4, 0.5) is 0 Å². The molecule has 0 radical (unpaired) electrons. The smallest absolute Gasteiger partial charge is 0.349 e. The molecule has 3 aliphatic rings. The lowest BCUT2D eigenvalue weighted by atomic mass is 10.1. The zero-order valence-corrected chi connectivity index (χ0v) is 16.0. The highest BCUT2D eigenvalue weighted by molar-refractivity contribution is 5.81. The third kappa shape index (κ3) is 3.40. The summed E-state index contributed by atoms with van der Waals surface area (Å²) in [6.45, 7) is 4.73. The van der Waals surface area contributed by atoms with Crippen molar-refractivity contribution in [2.75, 3.05) is 13.1 Å². The van der Waals surface area contributed by atoms with Crippen molar-refractivity contribution in [3.05, 3.63) is 44.1 Å². The number of carboxylic acid groups (broad SMARTS) is 1. The molecule has 29 heavy (non-hydrogen) atoms. The third-order valence-electron chi connectivity index (χ3n) is 5.50. The van der Waals surface area contributed by atoms with Crippen molar-refractivity contribution >= 4 is 17.0 Å². The zero-order chi connectivity index (χ0) is 20.9. The van der Waals surface area contributed by atoms with Crippen molar-refractivity contribution in [3.8, 4) is 11.5 Å². The van der Waals surface area contributed by atoms with Crippen LogP contribution in [0.1, 0.15) is 17.5 Å². The molecule has 1 saturated heterocycles. The predicted octanol–water partition coefficient (Wildman–Crippen LogP) is -0.279. The van der Waals surface area contributed by atoms with Crippen LogP contribution in [-0.2, 0) is 11.3 Å². The van der Waals surface area contributed by atoms with Crippen molar-refractivity contribution in [2.45, 2.75) is 39.0 Å². The van der Waals surface area contributed by atoms with E-state index in [4.69, 9.17) is 0 Å². The van der Waals surface area contributed by atoms with E-state index in [-0.39, 0.29) is 31.0 Å². The first-order chi connectivity index (χ1) is 13.7. The van der Waals surface area contributed by atoms with Crippen LogP contribution in [0.25, 0.3) is 22.6 Å². The summed E-state index contributed by atoms with van der Waals surface area (Å²) >= 11 is 0.